The molecule has 0 unspecified atom stereocenters. The van der Waals surface area contributed by atoms with Crippen LogP contribution in [0.1, 0.15) is 64.2 Å². The molecule has 0 aliphatic heterocycles. The van der Waals surface area contributed by atoms with Crippen LogP contribution >= 0.6 is 0 Å². The lowest BCUT2D eigenvalue weighted by Gasteiger charge is -2.42. The summed E-state index contributed by atoms with van der Waals surface area (Å²) in [5, 5.41) is 47.9. The van der Waals surface area contributed by atoms with Gasteiger partial charge in [-0.3, -0.25) is 0 Å². The van der Waals surface area contributed by atoms with Gasteiger partial charge in [-0.1, -0.05) is 50.4 Å². The van der Waals surface area contributed by atoms with Crippen LogP contribution in [0.25, 0.3) is 0 Å². The van der Waals surface area contributed by atoms with Crippen LogP contribution in [0.3, 0.4) is 0 Å². The van der Waals surface area contributed by atoms with Gasteiger partial charge in [0.15, 0.2) is 0 Å². The summed E-state index contributed by atoms with van der Waals surface area (Å²) in [6, 6.07) is 0. The van der Waals surface area contributed by atoms with Crippen molar-refractivity contribution < 1.29 is 40.2 Å². The lowest BCUT2D eigenvalue weighted by molar-refractivity contribution is -0.0433. The SMILES string of the molecule is O=C(O)O.O=C(O)O.OCC#CC(O)(C1CCCCC1)C1CCCCC1. The van der Waals surface area contributed by atoms with Gasteiger partial charge in [-0.25, -0.2) is 9.59 Å². The second-order valence-electron chi connectivity index (χ2n) is 6.52. The van der Waals surface area contributed by atoms with Gasteiger partial charge in [0.05, 0.1) is 0 Å². The molecule has 0 radical (unpaired) electrons. The summed E-state index contributed by atoms with van der Waals surface area (Å²) in [4.78, 5) is 17.1. The van der Waals surface area contributed by atoms with E-state index in [1.807, 2.05) is 0 Å². The van der Waals surface area contributed by atoms with Crippen LogP contribution in [0.15, 0.2) is 0 Å². The van der Waals surface area contributed by atoms with E-state index in [0.29, 0.717) is 11.8 Å². The molecular formula is C18H30O8. The standard InChI is InChI=1S/C16H26O2.2CH2O3/c17-13-7-12-16(18,14-8-3-1-4-9-14)15-10-5-2-6-11-15;2*2-1(3)4/h14-15,17-18H,1-6,8-11,13H2;2*(H2,2,3,4). The quantitative estimate of drug-likeness (QED) is 0.402. The van der Waals surface area contributed by atoms with E-state index in [2.05, 4.69) is 11.8 Å². The Bertz CT molecular complexity index is 429. The minimum atomic E-state index is -1.83. The molecule has 0 atom stereocenters. The van der Waals surface area contributed by atoms with E-state index in [9.17, 15) is 5.11 Å². The molecule has 0 amide bonds. The molecule has 8 nitrogen and oxygen atoms in total. The third-order valence-corrected chi connectivity index (χ3v) is 4.82. The maximum absolute atomic E-state index is 11.1. The summed E-state index contributed by atoms with van der Waals surface area (Å²) in [6.45, 7) is -0.137. The number of aliphatic hydroxyl groups is 2. The zero-order valence-electron chi connectivity index (χ0n) is 14.9. The normalized spacial score (nSPS) is 18.1. The van der Waals surface area contributed by atoms with E-state index in [-0.39, 0.29) is 6.61 Å². The van der Waals surface area contributed by atoms with E-state index < -0.39 is 17.9 Å². The average Bonchev–Trinajstić information content (AvgIpc) is 2.60. The van der Waals surface area contributed by atoms with E-state index in [4.69, 9.17) is 35.1 Å². The molecule has 2 aliphatic rings. The fourth-order valence-electron chi connectivity index (χ4n) is 3.80. The summed E-state index contributed by atoms with van der Waals surface area (Å²) >= 11 is 0. The summed E-state index contributed by atoms with van der Waals surface area (Å²) in [6.07, 6.45) is 8.23. The van der Waals surface area contributed by atoms with E-state index in [0.717, 1.165) is 25.7 Å². The number of aliphatic hydroxyl groups excluding tert-OH is 1. The van der Waals surface area contributed by atoms with Crippen molar-refractivity contribution in [2.24, 2.45) is 11.8 Å². The summed E-state index contributed by atoms with van der Waals surface area (Å²) in [5.41, 5.74) is -0.830. The Kier molecular flexibility index (Phi) is 12.2. The number of rotatable bonds is 2. The summed E-state index contributed by atoms with van der Waals surface area (Å²) in [5.74, 6) is 6.43. The molecule has 6 N–H and O–H groups in total. The van der Waals surface area contributed by atoms with Gasteiger partial charge in [-0.05, 0) is 37.5 Å². The molecule has 2 rings (SSSR count). The van der Waals surface area contributed by atoms with Crippen LogP contribution in [-0.4, -0.2) is 55.2 Å². The van der Waals surface area contributed by atoms with Gasteiger partial charge in [0.2, 0.25) is 0 Å². The fourth-order valence-corrected chi connectivity index (χ4v) is 3.80. The van der Waals surface area contributed by atoms with Crippen molar-refractivity contribution in [3.05, 3.63) is 0 Å². The Morgan fingerprint density at radius 3 is 1.35 bits per heavy atom. The van der Waals surface area contributed by atoms with Gasteiger partial charge in [0, 0.05) is 0 Å². The molecule has 0 bridgehead atoms. The van der Waals surface area contributed by atoms with Crippen molar-refractivity contribution in [3.63, 3.8) is 0 Å². The fraction of sp³-hybridized carbons (Fsp3) is 0.778. The smallest absolute Gasteiger partial charge is 0.450 e. The monoisotopic (exact) mass is 374 g/mol. The van der Waals surface area contributed by atoms with Crippen LogP contribution in [0, 0.1) is 23.7 Å². The highest BCUT2D eigenvalue weighted by Gasteiger charge is 2.42. The molecule has 150 valence electrons. The van der Waals surface area contributed by atoms with Crippen LogP contribution in [0.2, 0.25) is 0 Å². The lowest BCUT2D eigenvalue weighted by atomic mass is 9.66. The Labute approximate surface area is 153 Å². The molecule has 26 heavy (non-hydrogen) atoms. The van der Waals surface area contributed by atoms with Gasteiger partial charge in [-0.15, -0.1) is 0 Å². The van der Waals surface area contributed by atoms with E-state index in [1.165, 1.54) is 38.5 Å². The lowest BCUT2D eigenvalue weighted by Crippen LogP contribution is -2.45. The molecule has 8 heteroatoms. The molecule has 2 fully saturated rings. The second kappa shape index (κ2) is 13.3. The molecule has 0 spiro atoms. The third-order valence-electron chi connectivity index (χ3n) is 4.82. The van der Waals surface area contributed by atoms with Crippen LogP contribution in [-0.2, 0) is 0 Å². The Morgan fingerprint density at radius 2 is 1.08 bits per heavy atom. The third kappa shape index (κ3) is 10.1. The molecule has 0 heterocycles. The molecular weight excluding hydrogens is 344 g/mol. The van der Waals surface area contributed by atoms with Crippen molar-refractivity contribution in [2.75, 3.05) is 6.61 Å². The number of hydrogen-bond acceptors (Lipinski definition) is 4. The maximum atomic E-state index is 11.1. The molecule has 0 aromatic rings. The first-order valence-corrected chi connectivity index (χ1v) is 8.91. The zero-order chi connectivity index (χ0) is 20.0. The van der Waals surface area contributed by atoms with Crippen LogP contribution in [0.5, 0.6) is 0 Å². The van der Waals surface area contributed by atoms with Gasteiger partial charge in [-0.2, -0.15) is 0 Å². The highest BCUT2D eigenvalue weighted by atomic mass is 16.6. The van der Waals surface area contributed by atoms with Crippen molar-refractivity contribution in [2.45, 2.75) is 69.8 Å². The second-order valence-corrected chi connectivity index (χ2v) is 6.52. The Morgan fingerprint density at radius 1 is 0.769 bits per heavy atom. The van der Waals surface area contributed by atoms with Gasteiger partial charge >= 0.3 is 12.3 Å². The summed E-state index contributed by atoms with van der Waals surface area (Å²) in [7, 11) is 0. The largest absolute Gasteiger partial charge is 0.503 e. The van der Waals surface area contributed by atoms with Crippen LogP contribution < -0.4 is 0 Å². The first-order valence-electron chi connectivity index (χ1n) is 8.91. The predicted octanol–water partition coefficient (Wildman–Crippen LogP) is 3.32. The van der Waals surface area contributed by atoms with Gasteiger partial charge in [0.1, 0.15) is 12.2 Å². The predicted molar refractivity (Wildman–Crippen MR) is 94.3 cm³/mol. The summed E-state index contributed by atoms with van der Waals surface area (Å²) < 4.78 is 0. The first-order chi connectivity index (χ1) is 12.2. The number of carboxylic acid groups (broad SMARTS) is 4. The number of hydrogen-bond donors (Lipinski definition) is 6. The zero-order valence-corrected chi connectivity index (χ0v) is 14.9. The van der Waals surface area contributed by atoms with E-state index >= 15 is 0 Å². The van der Waals surface area contributed by atoms with Crippen molar-refractivity contribution in [3.8, 4) is 11.8 Å². The van der Waals surface area contributed by atoms with Crippen molar-refractivity contribution in [1.29, 1.82) is 0 Å². The Balaban J connectivity index is 0.000000662. The maximum Gasteiger partial charge on any atom is 0.503 e. The van der Waals surface area contributed by atoms with Crippen molar-refractivity contribution in [1.82, 2.24) is 0 Å². The first kappa shape index (κ1) is 24.0. The van der Waals surface area contributed by atoms with Crippen molar-refractivity contribution >= 4 is 12.3 Å². The minimum absolute atomic E-state index is 0.137. The molecule has 0 aromatic carbocycles. The highest BCUT2D eigenvalue weighted by molar-refractivity contribution is 5.53. The topological polar surface area (TPSA) is 156 Å². The molecule has 0 aromatic heterocycles. The minimum Gasteiger partial charge on any atom is -0.450 e. The van der Waals surface area contributed by atoms with Gasteiger partial charge < -0.3 is 30.6 Å². The Hall–Kier alpha value is -1.98. The molecule has 2 saturated carbocycles. The van der Waals surface area contributed by atoms with E-state index in [1.54, 1.807) is 0 Å². The van der Waals surface area contributed by atoms with Crippen LogP contribution in [0.4, 0.5) is 9.59 Å². The molecule has 2 aliphatic carbocycles. The molecule has 0 saturated heterocycles. The highest BCUT2D eigenvalue weighted by Crippen LogP contribution is 2.42. The van der Waals surface area contributed by atoms with Gasteiger partial charge in [0.25, 0.3) is 0 Å². The average molecular weight is 374 g/mol. The number of carbonyl (C=O) groups is 2.